The largest absolute Gasteiger partial charge is 0.434 e. The van der Waals surface area contributed by atoms with Gasteiger partial charge in [-0.2, -0.15) is 13.2 Å². The van der Waals surface area contributed by atoms with Gasteiger partial charge in [-0.15, -0.1) is 0 Å². The van der Waals surface area contributed by atoms with E-state index in [0.717, 1.165) is 18.0 Å². The van der Waals surface area contributed by atoms with Crippen LogP contribution in [0, 0.1) is 0 Å². The molecule has 1 aromatic heterocycles. The zero-order valence-corrected chi connectivity index (χ0v) is 12.6. The Kier molecular flexibility index (Phi) is 4.74. The van der Waals surface area contributed by atoms with E-state index in [2.05, 4.69) is 4.98 Å². The van der Waals surface area contributed by atoms with Gasteiger partial charge in [0, 0.05) is 16.1 Å². The van der Waals surface area contributed by atoms with Crippen LogP contribution in [0.2, 0.25) is 15.1 Å². The molecule has 106 valence electrons. The summed E-state index contributed by atoms with van der Waals surface area (Å²) in [6.07, 6.45) is -3.69. The fourth-order valence-electron chi connectivity index (χ4n) is 1.36. The zero-order valence-electron chi connectivity index (χ0n) is 9.51. The van der Waals surface area contributed by atoms with Gasteiger partial charge in [0.2, 0.25) is 0 Å². The third kappa shape index (κ3) is 3.52. The minimum Gasteiger partial charge on any atom is -0.249 e. The fraction of sp³-hybridized carbons (Fsp3) is 0.0833. The van der Waals surface area contributed by atoms with Crippen LogP contribution in [-0.4, -0.2) is 4.98 Å². The summed E-state index contributed by atoms with van der Waals surface area (Å²) >= 11 is 18.4. The van der Waals surface area contributed by atoms with Crippen LogP contribution in [0.15, 0.2) is 40.3 Å². The molecule has 0 saturated heterocycles. The minimum absolute atomic E-state index is 0.0583. The lowest BCUT2D eigenvalue weighted by molar-refractivity contribution is -0.141. The molecular weight excluding hydrogens is 354 g/mol. The molecule has 0 amide bonds. The molecular formula is C12H5Cl3F3NS. The van der Waals surface area contributed by atoms with Crippen molar-refractivity contribution in [2.45, 2.75) is 16.0 Å². The van der Waals surface area contributed by atoms with Gasteiger partial charge in [-0.05, 0) is 24.3 Å². The Bertz CT molecular complexity index is 629. The van der Waals surface area contributed by atoms with E-state index in [9.17, 15) is 13.2 Å². The SMILES string of the molecule is FC(F)(F)c1ncc(Cl)c(Sc2ccc(Cl)cc2)c1Cl. The topological polar surface area (TPSA) is 12.9 Å². The Balaban J connectivity index is 2.43. The molecule has 2 aromatic rings. The van der Waals surface area contributed by atoms with Crippen molar-refractivity contribution in [3.05, 3.63) is 51.2 Å². The molecule has 0 saturated carbocycles. The number of hydrogen-bond donors (Lipinski definition) is 0. The summed E-state index contributed by atoms with van der Waals surface area (Å²) in [6, 6.07) is 6.57. The highest BCUT2D eigenvalue weighted by Crippen LogP contribution is 2.43. The van der Waals surface area contributed by atoms with Gasteiger partial charge in [0.1, 0.15) is 0 Å². The first-order valence-electron chi connectivity index (χ1n) is 5.13. The molecule has 0 atom stereocenters. The molecule has 1 nitrogen and oxygen atoms in total. The van der Waals surface area contributed by atoms with Crippen molar-refractivity contribution in [1.82, 2.24) is 4.98 Å². The average Bonchev–Trinajstić information content (AvgIpc) is 2.35. The standard InChI is InChI=1S/C12H5Cl3F3NS/c13-6-1-3-7(4-2-6)20-10-8(14)5-19-11(9(10)15)12(16,17)18/h1-5H. The molecule has 0 unspecified atom stereocenters. The molecule has 0 radical (unpaired) electrons. The summed E-state index contributed by atoms with van der Waals surface area (Å²) in [5, 5.41) is 0.0742. The smallest absolute Gasteiger partial charge is 0.249 e. The summed E-state index contributed by atoms with van der Waals surface area (Å²) in [5.41, 5.74) is -1.15. The lowest BCUT2D eigenvalue weighted by Crippen LogP contribution is -2.09. The normalized spacial score (nSPS) is 11.7. The summed E-state index contributed by atoms with van der Waals surface area (Å²) in [7, 11) is 0. The first-order chi connectivity index (χ1) is 9.29. The number of hydrogen-bond acceptors (Lipinski definition) is 2. The van der Waals surface area contributed by atoms with E-state index in [1.165, 1.54) is 0 Å². The number of alkyl halides is 3. The van der Waals surface area contributed by atoms with Crippen molar-refractivity contribution >= 4 is 46.6 Å². The van der Waals surface area contributed by atoms with Crippen molar-refractivity contribution in [3.63, 3.8) is 0 Å². The van der Waals surface area contributed by atoms with E-state index < -0.39 is 16.9 Å². The number of aromatic nitrogens is 1. The lowest BCUT2D eigenvalue weighted by atomic mass is 10.3. The molecule has 0 N–H and O–H groups in total. The van der Waals surface area contributed by atoms with E-state index >= 15 is 0 Å². The summed E-state index contributed by atoms with van der Waals surface area (Å²) in [6.45, 7) is 0. The summed E-state index contributed by atoms with van der Waals surface area (Å²) in [4.78, 5) is 4.02. The molecule has 8 heteroatoms. The van der Waals surface area contributed by atoms with Crippen molar-refractivity contribution in [1.29, 1.82) is 0 Å². The molecule has 1 aromatic carbocycles. The second kappa shape index (κ2) is 6.02. The van der Waals surface area contributed by atoms with Crippen LogP contribution in [0.25, 0.3) is 0 Å². The Morgan fingerprint density at radius 2 is 1.60 bits per heavy atom. The maximum absolute atomic E-state index is 12.7. The monoisotopic (exact) mass is 357 g/mol. The highest BCUT2D eigenvalue weighted by molar-refractivity contribution is 7.99. The molecule has 20 heavy (non-hydrogen) atoms. The molecule has 0 aliphatic heterocycles. The van der Waals surface area contributed by atoms with E-state index in [-0.39, 0.29) is 9.92 Å². The van der Waals surface area contributed by atoms with E-state index in [0.29, 0.717) is 9.92 Å². The van der Waals surface area contributed by atoms with E-state index in [1.807, 2.05) is 0 Å². The maximum Gasteiger partial charge on any atom is 0.434 e. The third-order valence-corrected chi connectivity index (χ3v) is 4.50. The van der Waals surface area contributed by atoms with Crippen molar-refractivity contribution < 1.29 is 13.2 Å². The van der Waals surface area contributed by atoms with Gasteiger partial charge >= 0.3 is 6.18 Å². The van der Waals surface area contributed by atoms with Crippen LogP contribution in [0.1, 0.15) is 5.69 Å². The summed E-state index contributed by atoms with van der Waals surface area (Å²) < 4.78 is 38.2. The Morgan fingerprint density at radius 3 is 2.15 bits per heavy atom. The molecule has 0 aliphatic carbocycles. The number of rotatable bonds is 2. The van der Waals surface area contributed by atoms with Gasteiger partial charge < -0.3 is 0 Å². The molecule has 0 spiro atoms. The van der Waals surface area contributed by atoms with Gasteiger partial charge in [0.25, 0.3) is 0 Å². The molecule has 0 bridgehead atoms. The van der Waals surface area contributed by atoms with Crippen LogP contribution in [0.5, 0.6) is 0 Å². The molecule has 0 fully saturated rings. The summed E-state index contributed by atoms with van der Waals surface area (Å²) in [5.74, 6) is 0. The van der Waals surface area contributed by atoms with Crippen molar-refractivity contribution in [2.24, 2.45) is 0 Å². The van der Waals surface area contributed by atoms with Gasteiger partial charge in [0.15, 0.2) is 5.69 Å². The van der Waals surface area contributed by atoms with Crippen LogP contribution < -0.4 is 0 Å². The first-order valence-corrected chi connectivity index (χ1v) is 7.08. The molecule has 0 aliphatic rings. The second-order valence-corrected chi connectivity index (χ2v) is 5.96. The van der Waals surface area contributed by atoms with Crippen LogP contribution in [0.4, 0.5) is 13.2 Å². The van der Waals surface area contributed by atoms with Crippen LogP contribution in [0.3, 0.4) is 0 Å². The van der Waals surface area contributed by atoms with E-state index in [1.54, 1.807) is 24.3 Å². The minimum atomic E-state index is -4.63. The number of benzene rings is 1. The maximum atomic E-state index is 12.7. The lowest BCUT2D eigenvalue weighted by Gasteiger charge is -2.12. The van der Waals surface area contributed by atoms with Gasteiger partial charge in [-0.1, -0.05) is 46.6 Å². The van der Waals surface area contributed by atoms with Crippen LogP contribution in [-0.2, 0) is 6.18 Å². The number of nitrogens with zero attached hydrogens (tertiary/aromatic N) is 1. The molecule has 2 rings (SSSR count). The van der Waals surface area contributed by atoms with Gasteiger partial charge in [0.05, 0.1) is 14.9 Å². The molecule has 1 heterocycles. The van der Waals surface area contributed by atoms with Crippen molar-refractivity contribution in [2.75, 3.05) is 0 Å². The van der Waals surface area contributed by atoms with Gasteiger partial charge in [-0.25, -0.2) is 4.98 Å². The highest BCUT2D eigenvalue weighted by Gasteiger charge is 2.36. The predicted molar refractivity (Wildman–Crippen MR) is 74.8 cm³/mol. The number of halogens is 6. The highest BCUT2D eigenvalue weighted by atomic mass is 35.5. The third-order valence-electron chi connectivity index (χ3n) is 2.23. The fourth-order valence-corrected chi connectivity index (χ4v) is 3.01. The Morgan fingerprint density at radius 1 is 1.00 bits per heavy atom. The van der Waals surface area contributed by atoms with Crippen molar-refractivity contribution in [3.8, 4) is 0 Å². The zero-order chi connectivity index (χ0) is 14.9. The second-order valence-electron chi connectivity index (χ2n) is 3.65. The average molecular weight is 359 g/mol. The van der Waals surface area contributed by atoms with Gasteiger partial charge in [-0.3, -0.25) is 0 Å². The Hall–Kier alpha value is -0.620. The Labute approximate surface area is 132 Å². The van der Waals surface area contributed by atoms with E-state index in [4.69, 9.17) is 34.8 Å². The first kappa shape index (κ1) is 15.8. The quantitative estimate of drug-likeness (QED) is 0.633. The number of pyridine rings is 1. The predicted octanol–water partition coefficient (Wildman–Crippen LogP) is 6.21. The van der Waals surface area contributed by atoms with Crippen LogP contribution >= 0.6 is 46.6 Å².